The van der Waals surface area contributed by atoms with E-state index in [0.29, 0.717) is 22.0 Å². The molecule has 104 valence electrons. The molecule has 0 aliphatic carbocycles. The van der Waals surface area contributed by atoms with Crippen LogP contribution < -0.4 is 10.1 Å². The monoisotopic (exact) mass is 353 g/mol. The Bertz CT molecular complexity index is 641. The van der Waals surface area contributed by atoms with Crippen LogP contribution in [0.25, 0.3) is 0 Å². The molecule has 0 spiro atoms. The van der Waals surface area contributed by atoms with Crippen LogP contribution in [0.4, 0.5) is 5.69 Å². The molecule has 2 aromatic rings. The predicted octanol–water partition coefficient (Wildman–Crippen LogP) is 4.67. The number of nitrogens with one attached hydrogen (secondary N) is 1. The van der Waals surface area contributed by atoms with E-state index < -0.39 is 0 Å². The van der Waals surface area contributed by atoms with Gasteiger partial charge in [0, 0.05) is 15.1 Å². The van der Waals surface area contributed by atoms with E-state index in [2.05, 4.69) is 21.2 Å². The second-order valence-corrected chi connectivity index (χ2v) is 5.53. The van der Waals surface area contributed by atoms with Crippen LogP contribution in [-0.2, 0) is 0 Å². The number of rotatable bonds is 3. The molecule has 2 rings (SSSR count). The number of benzene rings is 2. The molecule has 0 atom stereocenters. The van der Waals surface area contributed by atoms with E-state index in [0.717, 1.165) is 10.0 Å². The minimum Gasteiger partial charge on any atom is -0.497 e. The lowest BCUT2D eigenvalue weighted by molar-refractivity contribution is 0.102. The first-order chi connectivity index (χ1) is 9.51. The molecular weight excluding hydrogens is 342 g/mol. The molecule has 0 saturated heterocycles. The first-order valence-corrected chi connectivity index (χ1v) is 7.09. The molecule has 1 N–H and O–H groups in total. The van der Waals surface area contributed by atoms with Gasteiger partial charge in [-0.1, -0.05) is 11.6 Å². The molecule has 0 radical (unpaired) electrons. The Morgan fingerprint density at radius 3 is 2.50 bits per heavy atom. The van der Waals surface area contributed by atoms with E-state index in [1.165, 1.54) is 0 Å². The fraction of sp³-hybridized carbons (Fsp3) is 0.133. The number of methoxy groups -OCH3 is 1. The lowest BCUT2D eigenvalue weighted by atomic mass is 10.2. The zero-order chi connectivity index (χ0) is 14.7. The maximum absolute atomic E-state index is 12.1. The van der Waals surface area contributed by atoms with Gasteiger partial charge < -0.3 is 10.1 Å². The summed E-state index contributed by atoms with van der Waals surface area (Å²) in [5, 5.41) is 3.43. The van der Waals surface area contributed by atoms with Gasteiger partial charge in [-0.3, -0.25) is 4.79 Å². The van der Waals surface area contributed by atoms with Crippen LogP contribution in [0, 0.1) is 6.92 Å². The molecule has 0 fully saturated rings. The molecule has 0 unspecified atom stereocenters. The highest BCUT2D eigenvalue weighted by Crippen LogP contribution is 2.29. The zero-order valence-electron chi connectivity index (χ0n) is 11.0. The van der Waals surface area contributed by atoms with Crippen molar-refractivity contribution in [1.82, 2.24) is 0 Å². The van der Waals surface area contributed by atoms with Crippen LogP contribution in [-0.4, -0.2) is 13.0 Å². The van der Waals surface area contributed by atoms with Crippen molar-refractivity contribution in [1.29, 1.82) is 0 Å². The lowest BCUT2D eigenvalue weighted by Gasteiger charge is -2.10. The summed E-state index contributed by atoms with van der Waals surface area (Å²) < 4.78 is 5.85. The molecule has 5 heteroatoms. The first-order valence-electron chi connectivity index (χ1n) is 5.92. The van der Waals surface area contributed by atoms with Crippen molar-refractivity contribution in [2.75, 3.05) is 12.4 Å². The van der Waals surface area contributed by atoms with E-state index in [1.807, 2.05) is 13.0 Å². The zero-order valence-corrected chi connectivity index (χ0v) is 13.4. The molecule has 0 aliphatic rings. The van der Waals surface area contributed by atoms with E-state index >= 15 is 0 Å². The Hall–Kier alpha value is -1.52. The summed E-state index contributed by atoms with van der Waals surface area (Å²) in [6.45, 7) is 1.90. The van der Waals surface area contributed by atoms with Gasteiger partial charge in [0.2, 0.25) is 0 Å². The maximum atomic E-state index is 12.1. The number of carbonyl (C=O) groups excluding carboxylic acids is 1. The van der Waals surface area contributed by atoms with Gasteiger partial charge in [0.1, 0.15) is 5.75 Å². The number of carbonyl (C=O) groups is 1. The quantitative estimate of drug-likeness (QED) is 0.869. The molecule has 0 bridgehead atoms. The average Bonchev–Trinajstić information content (AvgIpc) is 2.44. The Labute approximate surface area is 131 Å². The van der Waals surface area contributed by atoms with Crippen LogP contribution in [0.5, 0.6) is 5.75 Å². The molecule has 0 saturated carbocycles. The van der Waals surface area contributed by atoms with E-state index in [-0.39, 0.29) is 5.91 Å². The Morgan fingerprint density at radius 1 is 1.25 bits per heavy atom. The fourth-order valence-electron chi connectivity index (χ4n) is 1.68. The Morgan fingerprint density at radius 2 is 1.90 bits per heavy atom. The highest BCUT2D eigenvalue weighted by atomic mass is 79.9. The van der Waals surface area contributed by atoms with Crippen molar-refractivity contribution in [3.63, 3.8) is 0 Å². The smallest absolute Gasteiger partial charge is 0.255 e. The third-order valence-corrected chi connectivity index (χ3v) is 3.91. The number of aryl methyl sites for hydroxylation is 1. The molecule has 1 amide bonds. The molecule has 2 aromatic carbocycles. The van der Waals surface area contributed by atoms with Crippen LogP contribution in [0.1, 0.15) is 15.9 Å². The van der Waals surface area contributed by atoms with Crippen LogP contribution >= 0.6 is 27.5 Å². The number of ether oxygens (including phenoxy) is 1. The van der Waals surface area contributed by atoms with E-state index in [1.54, 1.807) is 37.4 Å². The molecule has 3 nitrogen and oxygen atoms in total. The van der Waals surface area contributed by atoms with Gasteiger partial charge in [0.15, 0.2) is 0 Å². The van der Waals surface area contributed by atoms with Gasteiger partial charge in [0.05, 0.1) is 12.8 Å². The van der Waals surface area contributed by atoms with Crippen molar-refractivity contribution < 1.29 is 9.53 Å². The van der Waals surface area contributed by atoms with Crippen molar-refractivity contribution >= 4 is 39.1 Å². The normalized spacial score (nSPS) is 10.2. The van der Waals surface area contributed by atoms with Crippen molar-refractivity contribution in [2.24, 2.45) is 0 Å². The molecular formula is C15H13BrClNO2. The van der Waals surface area contributed by atoms with Crippen molar-refractivity contribution in [2.45, 2.75) is 6.92 Å². The summed E-state index contributed by atoms with van der Waals surface area (Å²) in [6.07, 6.45) is 0. The number of hydrogen-bond acceptors (Lipinski definition) is 2. The Kier molecular flexibility index (Phi) is 4.68. The van der Waals surface area contributed by atoms with Gasteiger partial charge in [-0.05, 0) is 64.8 Å². The number of halogens is 2. The second kappa shape index (κ2) is 6.29. The van der Waals surface area contributed by atoms with Crippen molar-refractivity contribution in [3.05, 3.63) is 57.0 Å². The molecule has 0 heterocycles. The summed E-state index contributed by atoms with van der Waals surface area (Å²) in [5.74, 6) is 0.509. The summed E-state index contributed by atoms with van der Waals surface area (Å²) in [7, 11) is 1.58. The van der Waals surface area contributed by atoms with Gasteiger partial charge in [-0.25, -0.2) is 0 Å². The third-order valence-electron chi connectivity index (χ3n) is 2.85. The van der Waals surface area contributed by atoms with Gasteiger partial charge in [-0.2, -0.15) is 0 Å². The first kappa shape index (κ1) is 14.9. The molecule has 0 aliphatic heterocycles. The standard InChI is InChI=1S/C15H13BrClNO2/c1-9-7-12(16)14(8-13(9)17)18-15(19)10-3-5-11(20-2)6-4-10/h3-8H,1-2H3,(H,18,19). The average molecular weight is 355 g/mol. The van der Waals surface area contributed by atoms with Gasteiger partial charge in [0.25, 0.3) is 5.91 Å². The largest absolute Gasteiger partial charge is 0.497 e. The van der Waals surface area contributed by atoms with E-state index in [4.69, 9.17) is 16.3 Å². The second-order valence-electron chi connectivity index (χ2n) is 4.26. The summed E-state index contributed by atoms with van der Waals surface area (Å²) in [4.78, 5) is 12.1. The SMILES string of the molecule is COc1ccc(C(=O)Nc2cc(Cl)c(C)cc2Br)cc1. The number of hydrogen-bond donors (Lipinski definition) is 1. The van der Waals surface area contributed by atoms with Crippen LogP contribution in [0.3, 0.4) is 0 Å². The lowest BCUT2D eigenvalue weighted by Crippen LogP contribution is -2.12. The Balaban J connectivity index is 2.20. The topological polar surface area (TPSA) is 38.3 Å². The van der Waals surface area contributed by atoms with Crippen LogP contribution in [0.2, 0.25) is 5.02 Å². The van der Waals surface area contributed by atoms with Crippen molar-refractivity contribution in [3.8, 4) is 5.75 Å². The minimum atomic E-state index is -0.201. The highest BCUT2D eigenvalue weighted by molar-refractivity contribution is 9.10. The molecule has 0 aromatic heterocycles. The molecule has 20 heavy (non-hydrogen) atoms. The maximum Gasteiger partial charge on any atom is 0.255 e. The predicted molar refractivity (Wildman–Crippen MR) is 84.8 cm³/mol. The summed E-state index contributed by atoms with van der Waals surface area (Å²) >= 11 is 9.48. The van der Waals surface area contributed by atoms with Crippen LogP contribution in [0.15, 0.2) is 40.9 Å². The van der Waals surface area contributed by atoms with Gasteiger partial charge >= 0.3 is 0 Å². The third kappa shape index (κ3) is 3.32. The fourth-order valence-corrected chi connectivity index (χ4v) is 2.40. The summed E-state index contributed by atoms with van der Waals surface area (Å²) in [6, 6.07) is 10.5. The number of amides is 1. The summed E-state index contributed by atoms with van der Waals surface area (Å²) in [5.41, 5.74) is 2.14. The minimum absolute atomic E-state index is 0.201. The highest BCUT2D eigenvalue weighted by Gasteiger charge is 2.10. The van der Waals surface area contributed by atoms with E-state index in [9.17, 15) is 4.79 Å². The number of anilines is 1. The van der Waals surface area contributed by atoms with Gasteiger partial charge in [-0.15, -0.1) is 0 Å².